The van der Waals surface area contributed by atoms with Crippen LogP contribution in [-0.4, -0.2) is 33.3 Å². The summed E-state index contributed by atoms with van der Waals surface area (Å²) in [6, 6.07) is 9.90. The summed E-state index contributed by atoms with van der Waals surface area (Å²) >= 11 is 0. The van der Waals surface area contributed by atoms with E-state index in [9.17, 15) is 0 Å². The molecule has 1 aliphatic heterocycles. The molecule has 3 heterocycles. The number of benzene rings is 1. The van der Waals surface area contributed by atoms with Gasteiger partial charge in [0, 0.05) is 12.1 Å². The summed E-state index contributed by atoms with van der Waals surface area (Å²) in [4.78, 5) is 2.38. The first-order valence-electron chi connectivity index (χ1n) is 8.77. The zero-order chi connectivity index (χ0) is 17.2. The Morgan fingerprint density at radius 2 is 2.04 bits per heavy atom. The number of aromatic nitrogens is 3. The molecule has 6 nitrogen and oxygen atoms in total. The molecule has 130 valence electrons. The SMILES string of the molecule is Cc1onc(-c2ccccc2)c1-c1nnc(CN2CCC[C@H](C)C2)o1. The van der Waals surface area contributed by atoms with E-state index in [-0.39, 0.29) is 0 Å². The number of likely N-dealkylation sites (tertiary alicyclic amines) is 1. The van der Waals surface area contributed by atoms with Crippen molar-refractivity contribution in [3.05, 3.63) is 42.0 Å². The maximum Gasteiger partial charge on any atom is 0.253 e. The van der Waals surface area contributed by atoms with Gasteiger partial charge < -0.3 is 8.94 Å². The van der Waals surface area contributed by atoms with Crippen LogP contribution in [0.5, 0.6) is 0 Å². The number of aryl methyl sites for hydroxylation is 1. The van der Waals surface area contributed by atoms with Crippen LogP contribution in [0.3, 0.4) is 0 Å². The summed E-state index contributed by atoms with van der Waals surface area (Å²) in [6.45, 7) is 7.02. The van der Waals surface area contributed by atoms with E-state index >= 15 is 0 Å². The zero-order valence-corrected chi connectivity index (χ0v) is 14.6. The van der Waals surface area contributed by atoms with Gasteiger partial charge in [-0.25, -0.2) is 0 Å². The maximum atomic E-state index is 5.95. The lowest BCUT2D eigenvalue weighted by Crippen LogP contribution is -2.33. The van der Waals surface area contributed by atoms with Crippen molar-refractivity contribution in [2.45, 2.75) is 33.2 Å². The van der Waals surface area contributed by atoms with Crippen molar-refractivity contribution in [1.82, 2.24) is 20.3 Å². The van der Waals surface area contributed by atoms with Crippen molar-refractivity contribution < 1.29 is 8.94 Å². The number of hydrogen-bond acceptors (Lipinski definition) is 6. The Morgan fingerprint density at radius 3 is 2.84 bits per heavy atom. The molecule has 1 aliphatic rings. The van der Waals surface area contributed by atoms with Gasteiger partial charge in [-0.3, -0.25) is 4.90 Å². The maximum absolute atomic E-state index is 5.95. The second kappa shape index (κ2) is 6.80. The van der Waals surface area contributed by atoms with Crippen LogP contribution in [0.1, 0.15) is 31.4 Å². The van der Waals surface area contributed by atoms with Crippen LogP contribution in [0.2, 0.25) is 0 Å². The van der Waals surface area contributed by atoms with Crippen molar-refractivity contribution >= 4 is 0 Å². The van der Waals surface area contributed by atoms with Gasteiger partial charge in [-0.05, 0) is 32.2 Å². The first-order valence-corrected chi connectivity index (χ1v) is 8.77. The van der Waals surface area contributed by atoms with Gasteiger partial charge in [-0.1, -0.05) is 42.4 Å². The molecule has 1 saturated heterocycles. The van der Waals surface area contributed by atoms with Crippen molar-refractivity contribution in [3.8, 4) is 22.7 Å². The highest BCUT2D eigenvalue weighted by atomic mass is 16.5. The summed E-state index contributed by atoms with van der Waals surface area (Å²) in [5.74, 6) is 2.52. The molecular formula is C19H22N4O2. The Hall–Kier alpha value is -2.47. The number of hydrogen-bond donors (Lipinski definition) is 0. The van der Waals surface area contributed by atoms with Crippen molar-refractivity contribution in [2.75, 3.05) is 13.1 Å². The fourth-order valence-electron chi connectivity index (χ4n) is 3.46. The average Bonchev–Trinajstić information content (AvgIpc) is 3.22. The molecule has 0 radical (unpaired) electrons. The molecule has 0 saturated carbocycles. The van der Waals surface area contributed by atoms with E-state index in [0.29, 0.717) is 24.1 Å². The Kier molecular flexibility index (Phi) is 4.36. The molecule has 0 amide bonds. The minimum Gasteiger partial charge on any atom is -0.419 e. The number of nitrogens with zero attached hydrogens (tertiary/aromatic N) is 4. The summed E-state index contributed by atoms with van der Waals surface area (Å²) in [5.41, 5.74) is 2.48. The Labute approximate surface area is 146 Å². The van der Waals surface area contributed by atoms with E-state index in [1.807, 2.05) is 37.3 Å². The minimum atomic E-state index is 0.470. The monoisotopic (exact) mass is 338 g/mol. The van der Waals surface area contributed by atoms with E-state index in [1.165, 1.54) is 12.8 Å². The molecule has 1 aromatic carbocycles. The molecule has 4 rings (SSSR count). The molecule has 25 heavy (non-hydrogen) atoms. The predicted molar refractivity (Wildman–Crippen MR) is 93.6 cm³/mol. The zero-order valence-electron chi connectivity index (χ0n) is 14.6. The van der Waals surface area contributed by atoms with E-state index in [2.05, 4.69) is 27.2 Å². The van der Waals surface area contributed by atoms with Gasteiger partial charge in [0.1, 0.15) is 17.0 Å². The predicted octanol–water partition coefficient (Wildman–Crippen LogP) is 3.93. The highest BCUT2D eigenvalue weighted by Crippen LogP contribution is 2.33. The normalized spacial score (nSPS) is 18.6. The van der Waals surface area contributed by atoms with Gasteiger partial charge in [0.05, 0.1) is 6.54 Å². The van der Waals surface area contributed by atoms with Crippen LogP contribution in [0, 0.1) is 12.8 Å². The highest BCUT2D eigenvalue weighted by Gasteiger charge is 2.23. The molecule has 0 spiro atoms. The third kappa shape index (κ3) is 3.35. The average molecular weight is 338 g/mol. The molecule has 0 N–H and O–H groups in total. The summed E-state index contributed by atoms with van der Waals surface area (Å²) in [5, 5.41) is 12.7. The summed E-state index contributed by atoms with van der Waals surface area (Å²) in [7, 11) is 0. The van der Waals surface area contributed by atoms with Crippen molar-refractivity contribution in [3.63, 3.8) is 0 Å². The Bertz CT molecular complexity index is 840. The molecular weight excluding hydrogens is 316 g/mol. The van der Waals surface area contributed by atoms with Gasteiger partial charge in [-0.15, -0.1) is 10.2 Å². The summed E-state index contributed by atoms with van der Waals surface area (Å²) in [6.07, 6.45) is 2.52. The van der Waals surface area contributed by atoms with Crippen LogP contribution in [0.25, 0.3) is 22.7 Å². The molecule has 6 heteroatoms. The molecule has 3 aromatic rings. The fourth-order valence-corrected chi connectivity index (χ4v) is 3.46. The topological polar surface area (TPSA) is 68.2 Å². The van der Waals surface area contributed by atoms with Crippen LogP contribution in [0.4, 0.5) is 0 Å². The molecule has 1 fully saturated rings. The third-order valence-electron chi connectivity index (χ3n) is 4.69. The van der Waals surface area contributed by atoms with Gasteiger partial charge >= 0.3 is 0 Å². The largest absolute Gasteiger partial charge is 0.419 e. The van der Waals surface area contributed by atoms with Crippen LogP contribution < -0.4 is 0 Å². The smallest absolute Gasteiger partial charge is 0.253 e. The lowest BCUT2D eigenvalue weighted by molar-refractivity contribution is 0.163. The second-order valence-corrected chi connectivity index (χ2v) is 6.81. The Balaban J connectivity index is 1.59. The van der Waals surface area contributed by atoms with E-state index in [4.69, 9.17) is 8.94 Å². The van der Waals surface area contributed by atoms with Crippen LogP contribution in [-0.2, 0) is 6.54 Å². The lowest BCUT2D eigenvalue weighted by atomic mass is 10.0. The lowest BCUT2D eigenvalue weighted by Gasteiger charge is -2.29. The minimum absolute atomic E-state index is 0.470. The number of piperidine rings is 1. The van der Waals surface area contributed by atoms with Gasteiger partial charge in [0.2, 0.25) is 5.89 Å². The van der Waals surface area contributed by atoms with E-state index in [0.717, 1.165) is 35.8 Å². The molecule has 0 aliphatic carbocycles. The molecule has 1 atom stereocenters. The number of rotatable bonds is 4. The van der Waals surface area contributed by atoms with Crippen molar-refractivity contribution in [2.24, 2.45) is 5.92 Å². The first-order chi connectivity index (χ1) is 12.2. The molecule has 2 aromatic heterocycles. The van der Waals surface area contributed by atoms with Crippen molar-refractivity contribution in [1.29, 1.82) is 0 Å². The molecule has 0 unspecified atom stereocenters. The first kappa shape index (κ1) is 16.0. The van der Waals surface area contributed by atoms with Gasteiger partial charge in [0.15, 0.2) is 0 Å². The Morgan fingerprint density at radius 1 is 1.20 bits per heavy atom. The van der Waals surface area contributed by atoms with Gasteiger partial charge in [0.25, 0.3) is 5.89 Å². The highest BCUT2D eigenvalue weighted by molar-refractivity contribution is 5.77. The molecule has 0 bridgehead atoms. The van der Waals surface area contributed by atoms with E-state index < -0.39 is 0 Å². The standard InChI is InChI=1S/C19H22N4O2/c1-13-7-6-10-23(11-13)12-16-20-21-19(24-16)17-14(2)25-22-18(17)15-8-4-3-5-9-15/h3-5,8-9,13H,6-7,10-12H2,1-2H3/t13-/m0/s1. The van der Waals surface area contributed by atoms with Crippen LogP contribution >= 0.6 is 0 Å². The van der Waals surface area contributed by atoms with Crippen LogP contribution in [0.15, 0.2) is 39.3 Å². The van der Waals surface area contributed by atoms with Gasteiger partial charge in [-0.2, -0.15) is 0 Å². The fraction of sp³-hybridized carbons (Fsp3) is 0.421. The second-order valence-electron chi connectivity index (χ2n) is 6.81. The van der Waals surface area contributed by atoms with E-state index in [1.54, 1.807) is 0 Å². The summed E-state index contributed by atoms with van der Waals surface area (Å²) < 4.78 is 11.3. The third-order valence-corrected chi connectivity index (χ3v) is 4.69. The quantitative estimate of drug-likeness (QED) is 0.718.